The van der Waals surface area contributed by atoms with Gasteiger partial charge in [-0.1, -0.05) is 30.3 Å². The fourth-order valence-corrected chi connectivity index (χ4v) is 1.94. The fourth-order valence-electron chi connectivity index (χ4n) is 1.94. The number of benzene rings is 2. The van der Waals surface area contributed by atoms with Crippen LogP contribution in [0, 0.1) is 0 Å². The molecule has 0 aliphatic heterocycles. The summed E-state index contributed by atoms with van der Waals surface area (Å²) in [5.41, 5.74) is -0.861. The van der Waals surface area contributed by atoms with Crippen LogP contribution in [-0.4, -0.2) is 32.3 Å². The van der Waals surface area contributed by atoms with Crippen LogP contribution < -0.4 is 10.1 Å². The topological polar surface area (TPSA) is 47.6 Å². The predicted octanol–water partition coefficient (Wildman–Crippen LogP) is 2.37. The Hall–Kier alpha value is -2.07. The lowest BCUT2D eigenvalue weighted by atomic mass is 10.0. The van der Waals surface area contributed by atoms with E-state index in [0.29, 0.717) is 0 Å². The second kappa shape index (κ2) is 5.92. The molecule has 2 aromatic rings. The van der Waals surface area contributed by atoms with Crippen molar-refractivity contribution in [1.29, 1.82) is 0 Å². The highest BCUT2D eigenvalue weighted by Crippen LogP contribution is 2.21. The van der Waals surface area contributed by atoms with Gasteiger partial charge in [0.1, 0.15) is 17.9 Å². The predicted molar refractivity (Wildman–Crippen MR) is 78.9 cm³/mol. The minimum atomic E-state index is -0.861. The van der Waals surface area contributed by atoms with Crippen LogP contribution in [0.2, 0.25) is 0 Å². The van der Waals surface area contributed by atoms with E-state index in [9.17, 15) is 4.79 Å². The van der Waals surface area contributed by atoms with Crippen LogP contribution in [0.5, 0.6) is 5.75 Å². The molecule has 0 amide bonds. The first-order valence-corrected chi connectivity index (χ1v) is 6.48. The number of carbonyl (C=O) groups excluding carboxylic acids is 1. The summed E-state index contributed by atoms with van der Waals surface area (Å²) < 4.78 is 10.5. The van der Waals surface area contributed by atoms with Crippen LogP contribution in [0.15, 0.2) is 42.5 Å². The van der Waals surface area contributed by atoms with Crippen molar-refractivity contribution in [1.82, 2.24) is 5.32 Å². The molecule has 4 heteroatoms. The summed E-state index contributed by atoms with van der Waals surface area (Å²) in [7, 11) is 3.08. The normalized spacial score (nSPS) is 13.8. The zero-order valence-electron chi connectivity index (χ0n) is 12.0. The molecule has 1 atom stereocenters. The molecule has 0 aliphatic rings. The summed E-state index contributed by atoms with van der Waals surface area (Å²) in [6, 6.07) is 13.9. The summed E-state index contributed by atoms with van der Waals surface area (Å²) in [5.74, 6) is 0.384. The highest BCUT2D eigenvalue weighted by Gasteiger charge is 2.33. The summed E-state index contributed by atoms with van der Waals surface area (Å²) in [6.07, 6.45) is 0. The number of ether oxygens (including phenoxy) is 2. The van der Waals surface area contributed by atoms with Gasteiger partial charge in [0.05, 0.1) is 7.11 Å². The van der Waals surface area contributed by atoms with Crippen LogP contribution in [0.25, 0.3) is 10.8 Å². The van der Waals surface area contributed by atoms with Crippen LogP contribution in [0.3, 0.4) is 0 Å². The third kappa shape index (κ3) is 2.91. The molecule has 0 aliphatic carbocycles. The maximum Gasteiger partial charge on any atom is 0.329 e. The summed E-state index contributed by atoms with van der Waals surface area (Å²) in [4.78, 5) is 11.7. The van der Waals surface area contributed by atoms with Crippen molar-refractivity contribution in [3.8, 4) is 5.75 Å². The van der Waals surface area contributed by atoms with Gasteiger partial charge in [0.15, 0.2) is 0 Å². The standard InChI is InChI=1S/C16H19NO3/c1-16(17-2,15(18)19-3)11-20-14-9-8-12-6-4-5-7-13(12)10-14/h4-10,17H,11H2,1-3H3. The molecule has 20 heavy (non-hydrogen) atoms. The second-order valence-electron chi connectivity index (χ2n) is 4.87. The highest BCUT2D eigenvalue weighted by molar-refractivity contribution is 5.84. The van der Waals surface area contributed by atoms with Crippen molar-refractivity contribution >= 4 is 16.7 Å². The van der Waals surface area contributed by atoms with Crippen molar-refractivity contribution in [2.75, 3.05) is 20.8 Å². The molecule has 0 fully saturated rings. The number of likely N-dealkylation sites (N-methyl/N-ethyl adjacent to an activating group) is 1. The molecule has 106 valence electrons. The molecule has 1 unspecified atom stereocenters. The third-order valence-electron chi connectivity index (χ3n) is 3.44. The van der Waals surface area contributed by atoms with E-state index >= 15 is 0 Å². The third-order valence-corrected chi connectivity index (χ3v) is 3.44. The first-order chi connectivity index (χ1) is 9.59. The average molecular weight is 273 g/mol. The highest BCUT2D eigenvalue weighted by atomic mass is 16.5. The Labute approximate surface area is 118 Å². The monoisotopic (exact) mass is 273 g/mol. The molecule has 0 spiro atoms. The zero-order chi connectivity index (χ0) is 14.6. The van der Waals surface area contributed by atoms with Gasteiger partial charge in [-0.05, 0) is 36.9 Å². The molecular weight excluding hydrogens is 254 g/mol. The van der Waals surface area contributed by atoms with Gasteiger partial charge < -0.3 is 14.8 Å². The SMILES string of the molecule is CNC(C)(COc1ccc2ccccc2c1)C(=O)OC. The minimum absolute atomic E-state index is 0.203. The Balaban J connectivity index is 2.14. The van der Waals surface area contributed by atoms with Crippen LogP contribution in [0.1, 0.15) is 6.92 Å². The second-order valence-corrected chi connectivity index (χ2v) is 4.87. The maximum absolute atomic E-state index is 11.7. The van der Waals surface area contributed by atoms with Crippen LogP contribution in [-0.2, 0) is 9.53 Å². The Bertz CT molecular complexity index is 611. The van der Waals surface area contributed by atoms with Gasteiger partial charge in [0.25, 0.3) is 0 Å². The van der Waals surface area contributed by atoms with E-state index in [4.69, 9.17) is 9.47 Å². The molecule has 2 rings (SSSR count). The lowest BCUT2D eigenvalue weighted by Crippen LogP contribution is -2.52. The largest absolute Gasteiger partial charge is 0.491 e. The average Bonchev–Trinajstić information content (AvgIpc) is 2.51. The van der Waals surface area contributed by atoms with E-state index in [1.54, 1.807) is 14.0 Å². The summed E-state index contributed by atoms with van der Waals surface area (Å²) in [6.45, 7) is 1.95. The number of methoxy groups -OCH3 is 1. The number of fused-ring (bicyclic) bond motifs is 1. The lowest BCUT2D eigenvalue weighted by Gasteiger charge is -2.26. The molecule has 0 bridgehead atoms. The minimum Gasteiger partial charge on any atom is -0.491 e. The molecule has 0 heterocycles. The van der Waals surface area contributed by atoms with Gasteiger partial charge in [0.2, 0.25) is 0 Å². The maximum atomic E-state index is 11.7. The number of hydrogen-bond donors (Lipinski definition) is 1. The van der Waals surface area contributed by atoms with E-state index in [-0.39, 0.29) is 12.6 Å². The van der Waals surface area contributed by atoms with Crippen molar-refractivity contribution in [3.63, 3.8) is 0 Å². The molecule has 0 saturated heterocycles. The van der Waals surface area contributed by atoms with Crippen LogP contribution >= 0.6 is 0 Å². The van der Waals surface area contributed by atoms with Gasteiger partial charge in [-0.25, -0.2) is 4.79 Å². The number of rotatable bonds is 5. The van der Waals surface area contributed by atoms with Gasteiger partial charge >= 0.3 is 5.97 Å². The first kappa shape index (κ1) is 14.3. The van der Waals surface area contributed by atoms with Gasteiger partial charge in [0, 0.05) is 0 Å². The van der Waals surface area contributed by atoms with Crippen molar-refractivity contribution in [2.24, 2.45) is 0 Å². The molecule has 0 saturated carbocycles. The zero-order valence-corrected chi connectivity index (χ0v) is 12.0. The molecule has 2 aromatic carbocycles. The first-order valence-electron chi connectivity index (χ1n) is 6.48. The Kier molecular flexibility index (Phi) is 4.25. The smallest absolute Gasteiger partial charge is 0.329 e. The lowest BCUT2D eigenvalue weighted by molar-refractivity contribution is -0.148. The number of hydrogen-bond acceptors (Lipinski definition) is 4. The molecule has 4 nitrogen and oxygen atoms in total. The number of nitrogens with one attached hydrogen (secondary N) is 1. The Morgan fingerprint density at radius 2 is 1.90 bits per heavy atom. The number of esters is 1. The number of carbonyl (C=O) groups is 1. The van der Waals surface area contributed by atoms with Gasteiger partial charge in [-0.3, -0.25) is 0 Å². The molecular formula is C16H19NO3. The van der Waals surface area contributed by atoms with Crippen molar-refractivity contribution < 1.29 is 14.3 Å². The van der Waals surface area contributed by atoms with Crippen molar-refractivity contribution in [2.45, 2.75) is 12.5 Å². The Morgan fingerprint density at radius 3 is 2.55 bits per heavy atom. The van der Waals surface area contributed by atoms with E-state index in [2.05, 4.69) is 5.32 Å². The fraction of sp³-hybridized carbons (Fsp3) is 0.312. The molecule has 1 N–H and O–H groups in total. The molecule has 0 aromatic heterocycles. The molecule has 0 radical (unpaired) electrons. The summed E-state index contributed by atoms with van der Waals surface area (Å²) in [5, 5.41) is 5.20. The quantitative estimate of drug-likeness (QED) is 0.850. The van der Waals surface area contributed by atoms with E-state index in [1.165, 1.54) is 7.11 Å². The van der Waals surface area contributed by atoms with Crippen LogP contribution in [0.4, 0.5) is 0 Å². The Morgan fingerprint density at radius 1 is 1.20 bits per heavy atom. The van der Waals surface area contributed by atoms with Gasteiger partial charge in [-0.15, -0.1) is 0 Å². The van der Waals surface area contributed by atoms with Crippen molar-refractivity contribution in [3.05, 3.63) is 42.5 Å². The summed E-state index contributed by atoms with van der Waals surface area (Å²) >= 11 is 0. The van der Waals surface area contributed by atoms with E-state index < -0.39 is 5.54 Å². The van der Waals surface area contributed by atoms with E-state index in [0.717, 1.165) is 16.5 Å². The van der Waals surface area contributed by atoms with Gasteiger partial charge in [-0.2, -0.15) is 0 Å². The van der Waals surface area contributed by atoms with E-state index in [1.807, 2.05) is 42.5 Å².